The quantitative estimate of drug-likeness (QED) is 0.874. The number of carboxylic acid groups (broad SMARTS) is 1. The van der Waals surface area contributed by atoms with Crippen molar-refractivity contribution >= 4 is 12.1 Å². The van der Waals surface area contributed by atoms with Gasteiger partial charge in [-0.1, -0.05) is 39.0 Å². The van der Waals surface area contributed by atoms with Gasteiger partial charge in [-0.25, -0.2) is 4.79 Å². The maximum Gasteiger partial charge on any atom is 0.407 e. The molecule has 0 fully saturated rings. The highest BCUT2D eigenvalue weighted by molar-refractivity contribution is 5.71. The van der Waals surface area contributed by atoms with Crippen LogP contribution in [0.3, 0.4) is 0 Å². The van der Waals surface area contributed by atoms with E-state index in [2.05, 4.69) is 5.32 Å². The Morgan fingerprint density at radius 1 is 1.32 bits per heavy atom. The summed E-state index contributed by atoms with van der Waals surface area (Å²) in [6.07, 6.45) is -0.464. The van der Waals surface area contributed by atoms with Gasteiger partial charge in [-0.3, -0.25) is 4.79 Å². The number of hydrogen-bond donors (Lipinski definition) is 2. The highest BCUT2D eigenvalue weighted by Crippen LogP contribution is 2.29. The molecule has 0 aliphatic heterocycles. The van der Waals surface area contributed by atoms with E-state index in [1.54, 1.807) is 6.92 Å². The van der Waals surface area contributed by atoms with Gasteiger partial charge >= 0.3 is 12.1 Å². The number of ether oxygens (including phenoxy) is 1. The van der Waals surface area contributed by atoms with Crippen molar-refractivity contribution in [1.29, 1.82) is 0 Å². The van der Waals surface area contributed by atoms with E-state index < -0.39 is 12.1 Å². The Hall–Kier alpha value is -2.04. The van der Waals surface area contributed by atoms with Gasteiger partial charge in [0.25, 0.3) is 0 Å². The number of hydrogen-bond acceptors (Lipinski definition) is 3. The summed E-state index contributed by atoms with van der Waals surface area (Å²) >= 11 is 0. The van der Waals surface area contributed by atoms with Crippen molar-refractivity contribution in [2.45, 2.75) is 52.5 Å². The lowest BCUT2D eigenvalue weighted by Gasteiger charge is -2.25. The van der Waals surface area contributed by atoms with E-state index in [1.165, 1.54) is 0 Å². The van der Waals surface area contributed by atoms with Crippen LogP contribution in [0.15, 0.2) is 18.2 Å². The molecule has 0 aliphatic carbocycles. The van der Waals surface area contributed by atoms with E-state index in [1.807, 2.05) is 45.9 Å². The molecular weight excluding hydrogens is 282 g/mol. The van der Waals surface area contributed by atoms with Crippen molar-refractivity contribution in [3.63, 3.8) is 0 Å². The molecule has 0 unspecified atom stereocenters. The summed E-state index contributed by atoms with van der Waals surface area (Å²) in [5.74, 6) is -0.851. The number of aliphatic carboxylic acids is 1. The molecule has 5 nitrogen and oxygen atoms in total. The van der Waals surface area contributed by atoms with Gasteiger partial charge in [-0.15, -0.1) is 0 Å². The molecule has 1 aromatic carbocycles. The van der Waals surface area contributed by atoms with Crippen molar-refractivity contribution in [3.8, 4) is 0 Å². The summed E-state index contributed by atoms with van der Waals surface area (Å²) in [4.78, 5) is 22.5. The zero-order chi connectivity index (χ0) is 16.9. The third-order valence-electron chi connectivity index (χ3n) is 3.39. The zero-order valence-corrected chi connectivity index (χ0v) is 13.9. The van der Waals surface area contributed by atoms with Gasteiger partial charge in [-0.05, 0) is 36.0 Å². The molecule has 122 valence electrons. The SMILES string of the molecule is CCOC(=O)N[C@@H](C)c1ccc(CC(=O)O)c(C(C)(C)C)c1. The Labute approximate surface area is 131 Å². The first kappa shape index (κ1) is 18.0. The van der Waals surface area contributed by atoms with Gasteiger partial charge in [0.1, 0.15) is 0 Å². The van der Waals surface area contributed by atoms with Crippen LogP contribution in [0, 0.1) is 0 Å². The number of rotatable bonds is 5. The van der Waals surface area contributed by atoms with Crippen LogP contribution < -0.4 is 5.32 Å². The molecule has 0 saturated carbocycles. The van der Waals surface area contributed by atoms with E-state index in [0.29, 0.717) is 6.61 Å². The average Bonchev–Trinajstić information content (AvgIpc) is 2.37. The number of carbonyl (C=O) groups excluding carboxylic acids is 1. The average molecular weight is 307 g/mol. The molecule has 0 aliphatic rings. The number of carbonyl (C=O) groups is 2. The standard InChI is InChI=1S/C17H25NO4/c1-6-22-16(21)18-11(2)12-7-8-13(10-15(19)20)14(9-12)17(3,4)5/h7-9,11H,6,10H2,1-5H3,(H,18,21)(H,19,20)/t11-/m0/s1. The minimum absolute atomic E-state index is 0.00737. The van der Waals surface area contributed by atoms with Gasteiger partial charge in [-0.2, -0.15) is 0 Å². The first-order valence-corrected chi connectivity index (χ1v) is 7.43. The molecule has 0 saturated heterocycles. The second-order valence-electron chi connectivity index (χ2n) is 6.32. The Balaban J connectivity index is 3.08. The number of nitrogens with one attached hydrogen (secondary N) is 1. The summed E-state index contributed by atoms with van der Waals surface area (Å²) in [5.41, 5.74) is 2.52. The minimum Gasteiger partial charge on any atom is -0.481 e. The van der Waals surface area contributed by atoms with E-state index in [9.17, 15) is 9.59 Å². The summed E-state index contributed by atoms with van der Waals surface area (Å²) in [7, 11) is 0. The number of carboxylic acids is 1. The van der Waals surface area contributed by atoms with Gasteiger partial charge in [0.05, 0.1) is 19.1 Å². The van der Waals surface area contributed by atoms with Crippen LogP contribution >= 0.6 is 0 Å². The zero-order valence-electron chi connectivity index (χ0n) is 13.9. The normalized spacial score (nSPS) is 12.6. The molecule has 2 N–H and O–H groups in total. The Kier molecular flexibility index (Phi) is 5.97. The fourth-order valence-corrected chi connectivity index (χ4v) is 2.31. The van der Waals surface area contributed by atoms with E-state index in [0.717, 1.165) is 16.7 Å². The van der Waals surface area contributed by atoms with Gasteiger partial charge in [0.2, 0.25) is 0 Å². The molecule has 5 heteroatoms. The topological polar surface area (TPSA) is 75.6 Å². The minimum atomic E-state index is -0.851. The summed E-state index contributed by atoms with van der Waals surface area (Å²) < 4.78 is 4.88. The lowest BCUT2D eigenvalue weighted by Crippen LogP contribution is -2.28. The Bertz CT molecular complexity index is 546. The van der Waals surface area contributed by atoms with Crippen LogP contribution in [0.25, 0.3) is 0 Å². The second-order valence-corrected chi connectivity index (χ2v) is 6.32. The van der Waals surface area contributed by atoms with E-state index in [4.69, 9.17) is 9.84 Å². The van der Waals surface area contributed by atoms with Crippen molar-refractivity contribution in [2.75, 3.05) is 6.61 Å². The molecule has 1 amide bonds. The Morgan fingerprint density at radius 3 is 2.45 bits per heavy atom. The first-order valence-electron chi connectivity index (χ1n) is 7.43. The van der Waals surface area contributed by atoms with Gasteiger partial charge in [0, 0.05) is 0 Å². The lowest BCUT2D eigenvalue weighted by atomic mass is 9.81. The van der Waals surface area contributed by atoms with Crippen LogP contribution in [0.1, 0.15) is 57.4 Å². The molecule has 22 heavy (non-hydrogen) atoms. The monoisotopic (exact) mass is 307 g/mol. The first-order chi connectivity index (χ1) is 10.1. The van der Waals surface area contributed by atoms with E-state index in [-0.39, 0.29) is 17.9 Å². The molecule has 0 radical (unpaired) electrons. The third-order valence-corrected chi connectivity index (χ3v) is 3.39. The summed E-state index contributed by atoms with van der Waals surface area (Å²) in [6.45, 7) is 10.1. The summed E-state index contributed by atoms with van der Waals surface area (Å²) in [6, 6.07) is 5.44. The fraction of sp³-hybridized carbons (Fsp3) is 0.529. The van der Waals surface area contributed by atoms with Gasteiger partial charge < -0.3 is 15.2 Å². The largest absolute Gasteiger partial charge is 0.481 e. The van der Waals surface area contributed by atoms with Crippen LogP contribution in [0.5, 0.6) is 0 Å². The highest BCUT2D eigenvalue weighted by atomic mass is 16.5. The predicted molar refractivity (Wildman–Crippen MR) is 85.1 cm³/mol. The van der Waals surface area contributed by atoms with E-state index >= 15 is 0 Å². The van der Waals surface area contributed by atoms with Crippen molar-refractivity contribution in [1.82, 2.24) is 5.32 Å². The molecule has 0 spiro atoms. The lowest BCUT2D eigenvalue weighted by molar-refractivity contribution is -0.136. The summed E-state index contributed by atoms with van der Waals surface area (Å²) in [5, 5.41) is 11.8. The Morgan fingerprint density at radius 2 is 1.95 bits per heavy atom. The second kappa shape index (κ2) is 7.29. The van der Waals surface area contributed by atoms with Crippen molar-refractivity contribution < 1.29 is 19.4 Å². The molecule has 1 rings (SSSR count). The number of alkyl carbamates (subject to hydrolysis) is 1. The number of benzene rings is 1. The fourth-order valence-electron chi connectivity index (χ4n) is 2.31. The molecule has 0 bridgehead atoms. The van der Waals surface area contributed by atoms with Crippen LogP contribution in [-0.2, 0) is 21.4 Å². The smallest absolute Gasteiger partial charge is 0.407 e. The van der Waals surface area contributed by atoms with Crippen molar-refractivity contribution in [3.05, 3.63) is 34.9 Å². The van der Waals surface area contributed by atoms with Crippen LogP contribution in [-0.4, -0.2) is 23.8 Å². The third kappa shape index (κ3) is 5.06. The van der Waals surface area contributed by atoms with Crippen LogP contribution in [0.4, 0.5) is 4.79 Å². The van der Waals surface area contributed by atoms with Crippen molar-refractivity contribution in [2.24, 2.45) is 0 Å². The molecule has 0 heterocycles. The molecule has 0 aromatic heterocycles. The predicted octanol–water partition coefficient (Wildman–Crippen LogP) is 3.42. The molecule has 1 aromatic rings. The van der Waals surface area contributed by atoms with Gasteiger partial charge in [0.15, 0.2) is 0 Å². The maximum absolute atomic E-state index is 11.5. The molecular formula is C17H25NO4. The van der Waals surface area contributed by atoms with Crippen LogP contribution in [0.2, 0.25) is 0 Å². The molecule has 1 atom stereocenters. The number of amides is 1. The highest BCUT2D eigenvalue weighted by Gasteiger charge is 2.21. The maximum atomic E-state index is 11.5.